The van der Waals surface area contributed by atoms with Crippen LogP contribution in [0.4, 0.5) is 5.69 Å². The molecule has 0 radical (unpaired) electrons. The zero-order valence-electron chi connectivity index (χ0n) is 12.7. The number of nitrogens with zero attached hydrogens (tertiary/aromatic N) is 1. The van der Waals surface area contributed by atoms with Gasteiger partial charge in [0.15, 0.2) is 0 Å². The Morgan fingerprint density at radius 1 is 1.25 bits per heavy atom. The van der Waals surface area contributed by atoms with Gasteiger partial charge in [0.1, 0.15) is 0 Å². The fourth-order valence-corrected chi connectivity index (χ4v) is 2.62. The molecule has 0 amide bonds. The minimum atomic E-state index is 0.718. The first kappa shape index (κ1) is 15.3. The van der Waals surface area contributed by atoms with Crippen molar-refractivity contribution in [3.05, 3.63) is 30.3 Å². The highest BCUT2D eigenvalue weighted by Gasteiger charge is 2.14. The number of hydrogen-bond acceptors (Lipinski definition) is 3. The van der Waals surface area contributed by atoms with Crippen LogP contribution in [0.15, 0.2) is 30.3 Å². The summed E-state index contributed by atoms with van der Waals surface area (Å²) in [7, 11) is 0. The van der Waals surface area contributed by atoms with E-state index in [1.54, 1.807) is 0 Å². The number of hydrogen-bond donors (Lipinski definition) is 1. The summed E-state index contributed by atoms with van der Waals surface area (Å²) in [5, 5.41) is 3.58. The number of para-hydroxylation sites is 1. The standard InChI is InChI=1S/C17H28N2O/c1-2-3-11-19(17-7-5-4-6-8-17)12-10-18-14-16-9-13-20-15-16/h4-8,16,18H,2-3,9-15H2,1H3. The Bertz CT molecular complexity index is 349. The maximum Gasteiger partial charge on any atom is 0.0507 e. The summed E-state index contributed by atoms with van der Waals surface area (Å²) >= 11 is 0. The van der Waals surface area contributed by atoms with Crippen LogP contribution < -0.4 is 10.2 Å². The SMILES string of the molecule is CCCCN(CCNCC1CCOC1)c1ccccc1. The summed E-state index contributed by atoms with van der Waals surface area (Å²) in [6, 6.07) is 10.7. The van der Waals surface area contributed by atoms with Gasteiger partial charge in [0.25, 0.3) is 0 Å². The summed E-state index contributed by atoms with van der Waals surface area (Å²) < 4.78 is 5.41. The van der Waals surface area contributed by atoms with Crippen LogP contribution in [-0.2, 0) is 4.74 Å². The van der Waals surface area contributed by atoms with Gasteiger partial charge in [-0.1, -0.05) is 31.5 Å². The van der Waals surface area contributed by atoms with E-state index in [0.717, 1.165) is 45.3 Å². The van der Waals surface area contributed by atoms with Crippen LogP contribution in [0.3, 0.4) is 0 Å². The molecule has 1 heterocycles. The van der Waals surface area contributed by atoms with Gasteiger partial charge in [0.05, 0.1) is 6.61 Å². The quantitative estimate of drug-likeness (QED) is 0.702. The van der Waals surface area contributed by atoms with Crippen molar-refractivity contribution < 1.29 is 4.74 Å². The molecule has 3 nitrogen and oxygen atoms in total. The van der Waals surface area contributed by atoms with Crippen molar-refractivity contribution in [1.29, 1.82) is 0 Å². The van der Waals surface area contributed by atoms with E-state index in [-0.39, 0.29) is 0 Å². The Kier molecular flexibility index (Phi) is 6.89. The molecule has 0 spiro atoms. The van der Waals surface area contributed by atoms with Crippen LogP contribution >= 0.6 is 0 Å². The minimum Gasteiger partial charge on any atom is -0.381 e. The fraction of sp³-hybridized carbons (Fsp3) is 0.647. The topological polar surface area (TPSA) is 24.5 Å². The molecule has 0 aromatic heterocycles. The summed E-state index contributed by atoms with van der Waals surface area (Å²) in [4.78, 5) is 2.49. The second kappa shape index (κ2) is 8.98. The second-order valence-corrected chi connectivity index (χ2v) is 5.61. The lowest BCUT2D eigenvalue weighted by Gasteiger charge is -2.25. The molecular weight excluding hydrogens is 248 g/mol. The first-order chi connectivity index (χ1) is 9.90. The van der Waals surface area contributed by atoms with Crippen molar-refractivity contribution in [2.75, 3.05) is 44.3 Å². The second-order valence-electron chi connectivity index (χ2n) is 5.61. The van der Waals surface area contributed by atoms with Crippen molar-refractivity contribution in [1.82, 2.24) is 5.32 Å². The van der Waals surface area contributed by atoms with E-state index in [4.69, 9.17) is 4.74 Å². The highest BCUT2D eigenvalue weighted by Crippen LogP contribution is 2.14. The average Bonchev–Trinajstić information content (AvgIpc) is 3.01. The molecule has 112 valence electrons. The number of ether oxygens (including phenoxy) is 1. The molecule has 1 N–H and O–H groups in total. The molecule has 0 saturated carbocycles. The molecule has 1 aromatic carbocycles. The first-order valence-electron chi connectivity index (χ1n) is 7.98. The molecule has 1 saturated heterocycles. The van der Waals surface area contributed by atoms with Crippen molar-refractivity contribution in [3.8, 4) is 0 Å². The maximum absolute atomic E-state index is 5.41. The molecule has 1 aliphatic rings. The summed E-state index contributed by atoms with van der Waals surface area (Å²) in [5.41, 5.74) is 1.34. The lowest BCUT2D eigenvalue weighted by molar-refractivity contribution is 0.185. The molecule has 1 unspecified atom stereocenters. The lowest BCUT2D eigenvalue weighted by Crippen LogP contribution is -2.34. The van der Waals surface area contributed by atoms with Gasteiger partial charge in [-0.2, -0.15) is 0 Å². The van der Waals surface area contributed by atoms with E-state index in [0.29, 0.717) is 0 Å². The Balaban J connectivity index is 1.72. The molecule has 1 atom stereocenters. The molecule has 0 aliphatic carbocycles. The van der Waals surface area contributed by atoms with Crippen LogP contribution in [0.25, 0.3) is 0 Å². The number of nitrogens with one attached hydrogen (secondary N) is 1. The molecule has 1 aliphatic heterocycles. The fourth-order valence-electron chi connectivity index (χ4n) is 2.62. The molecule has 20 heavy (non-hydrogen) atoms. The number of rotatable bonds is 9. The summed E-state index contributed by atoms with van der Waals surface area (Å²) in [6.07, 6.45) is 3.72. The van der Waals surface area contributed by atoms with Crippen LogP contribution in [-0.4, -0.2) is 39.4 Å². The Morgan fingerprint density at radius 2 is 2.10 bits per heavy atom. The summed E-state index contributed by atoms with van der Waals surface area (Å²) in [5.74, 6) is 0.718. The van der Waals surface area contributed by atoms with Crippen LogP contribution in [0, 0.1) is 5.92 Å². The normalized spacial score (nSPS) is 18.4. The van der Waals surface area contributed by atoms with E-state index in [2.05, 4.69) is 47.5 Å². The molecule has 1 fully saturated rings. The van der Waals surface area contributed by atoms with E-state index in [1.165, 1.54) is 24.9 Å². The predicted molar refractivity (Wildman–Crippen MR) is 85.4 cm³/mol. The van der Waals surface area contributed by atoms with Gasteiger partial charge in [0, 0.05) is 38.5 Å². The number of anilines is 1. The Labute approximate surface area is 123 Å². The number of unbranched alkanes of at least 4 members (excludes halogenated alkanes) is 1. The van der Waals surface area contributed by atoms with Crippen molar-refractivity contribution in [2.45, 2.75) is 26.2 Å². The molecule has 3 heteroatoms. The van der Waals surface area contributed by atoms with E-state index in [9.17, 15) is 0 Å². The van der Waals surface area contributed by atoms with Crippen LogP contribution in [0.5, 0.6) is 0 Å². The van der Waals surface area contributed by atoms with Gasteiger partial charge in [-0.3, -0.25) is 0 Å². The highest BCUT2D eigenvalue weighted by atomic mass is 16.5. The zero-order chi connectivity index (χ0) is 14.0. The van der Waals surface area contributed by atoms with E-state index < -0.39 is 0 Å². The molecule has 0 bridgehead atoms. The van der Waals surface area contributed by atoms with Gasteiger partial charge in [-0.15, -0.1) is 0 Å². The Morgan fingerprint density at radius 3 is 2.80 bits per heavy atom. The van der Waals surface area contributed by atoms with E-state index >= 15 is 0 Å². The van der Waals surface area contributed by atoms with Gasteiger partial charge >= 0.3 is 0 Å². The lowest BCUT2D eigenvalue weighted by atomic mass is 10.1. The van der Waals surface area contributed by atoms with Gasteiger partial charge in [-0.05, 0) is 30.9 Å². The maximum atomic E-state index is 5.41. The minimum absolute atomic E-state index is 0.718. The zero-order valence-corrected chi connectivity index (χ0v) is 12.7. The first-order valence-corrected chi connectivity index (χ1v) is 7.98. The Hall–Kier alpha value is -1.06. The molecule has 1 aromatic rings. The van der Waals surface area contributed by atoms with E-state index in [1.807, 2.05) is 0 Å². The van der Waals surface area contributed by atoms with Crippen LogP contribution in [0.1, 0.15) is 26.2 Å². The van der Waals surface area contributed by atoms with Gasteiger partial charge in [0.2, 0.25) is 0 Å². The van der Waals surface area contributed by atoms with Gasteiger partial charge < -0.3 is 15.0 Å². The predicted octanol–water partition coefficient (Wildman–Crippen LogP) is 2.92. The van der Waals surface area contributed by atoms with Crippen molar-refractivity contribution in [3.63, 3.8) is 0 Å². The monoisotopic (exact) mass is 276 g/mol. The third kappa shape index (κ3) is 5.14. The summed E-state index contributed by atoms with van der Waals surface area (Å²) in [6.45, 7) is 8.50. The highest BCUT2D eigenvalue weighted by molar-refractivity contribution is 5.45. The third-order valence-corrected chi connectivity index (χ3v) is 3.92. The van der Waals surface area contributed by atoms with Crippen LogP contribution in [0.2, 0.25) is 0 Å². The van der Waals surface area contributed by atoms with Crippen molar-refractivity contribution in [2.24, 2.45) is 5.92 Å². The molecular formula is C17H28N2O. The third-order valence-electron chi connectivity index (χ3n) is 3.92. The average molecular weight is 276 g/mol. The smallest absolute Gasteiger partial charge is 0.0507 e. The number of benzene rings is 1. The van der Waals surface area contributed by atoms with Crippen molar-refractivity contribution >= 4 is 5.69 Å². The van der Waals surface area contributed by atoms with Gasteiger partial charge in [-0.25, -0.2) is 0 Å². The molecule has 2 rings (SSSR count). The largest absolute Gasteiger partial charge is 0.381 e.